The second-order valence-corrected chi connectivity index (χ2v) is 7.04. The third-order valence-corrected chi connectivity index (χ3v) is 4.76. The second kappa shape index (κ2) is 6.45. The molecule has 0 saturated heterocycles. The van der Waals surface area contributed by atoms with Crippen LogP contribution in [-0.2, 0) is 11.2 Å². The number of nitrogens with one attached hydrogen (secondary N) is 1. The van der Waals surface area contributed by atoms with E-state index in [1.807, 2.05) is 13.0 Å². The molecule has 0 aliphatic carbocycles. The summed E-state index contributed by atoms with van der Waals surface area (Å²) >= 11 is 0. The molecule has 1 aliphatic rings. The van der Waals surface area contributed by atoms with E-state index in [2.05, 4.69) is 53.6 Å². The van der Waals surface area contributed by atoms with E-state index in [0.717, 1.165) is 39.9 Å². The molecule has 1 amide bonds. The van der Waals surface area contributed by atoms with Crippen molar-refractivity contribution in [2.24, 2.45) is 0 Å². The van der Waals surface area contributed by atoms with Crippen LogP contribution in [0.4, 0.5) is 0 Å². The summed E-state index contributed by atoms with van der Waals surface area (Å²) in [5, 5.41) is 3.97. The number of rotatable bonds is 3. The van der Waals surface area contributed by atoms with Crippen LogP contribution in [0.15, 0.2) is 42.5 Å². The molecular weight excluding hydrogens is 324 g/mol. The van der Waals surface area contributed by atoms with Gasteiger partial charge >= 0.3 is 0 Å². The van der Waals surface area contributed by atoms with Crippen LogP contribution in [0.25, 0.3) is 22.0 Å². The van der Waals surface area contributed by atoms with Crippen molar-refractivity contribution < 1.29 is 9.53 Å². The Balaban J connectivity index is 1.72. The van der Waals surface area contributed by atoms with Crippen LogP contribution >= 0.6 is 0 Å². The van der Waals surface area contributed by atoms with E-state index < -0.39 is 0 Å². The first-order valence-electron chi connectivity index (χ1n) is 8.92. The first-order valence-corrected chi connectivity index (χ1v) is 8.92. The number of nitrogens with zero attached hydrogens (tertiary/aromatic N) is 1. The summed E-state index contributed by atoms with van der Waals surface area (Å²) in [4.78, 5) is 15.8. The molecule has 4 nitrogen and oxygen atoms in total. The first kappa shape index (κ1) is 16.6. The number of amides is 1. The molecule has 0 saturated carbocycles. The molecule has 0 radical (unpaired) electrons. The molecule has 1 aliphatic heterocycles. The third kappa shape index (κ3) is 3.15. The maximum atomic E-state index is 11.2. The number of benzene rings is 2. The molecule has 26 heavy (non-hydrogen) atoms. The van der Waals surface area contributed by atoms with Gasteiger partial charge in [-0.3, -0.25) is 9.78 Å². The maximum absolute atomic E-state index is 11.2. The highest BCUT2D eigenvalue weighted by molar-refractivity contribution is 5.86. The van der Waals surface area contributed by atoms with E-state index in [0.29, 0.717) is 6.54 Å². The number of aromatic nitrogens is 1. The van der Waals surface area contributed by atoms with Gasteiger partial charge in [0.1, 0.15) is 11.9 Å². The number of carbonyl (C=O) groups is 1. The Hall–Kier alpha value is -2.88. The maximum Gasteiger partial charge on any atom is 0.217 e. The number of pyridine rings is 1. The zero-order chi connectivity index (χ0) is 18.3. The van der Waals surface area contributed by atoms with Crippen molar-refractivity contribution in [2.45, 2.75) is 33.3 Å². The lowest BCUT2D eigenvalue weighted by molar-refractivity contribution is -0.119. The minimum atomic E-state index is -0.0294. The van der Waals surface area contributed by atoms with E-state index in [1.165, 1.54) is 18.1 Å². The number of aryl methyl sites for hydroxylation is 2. The van der Waals surface area contributed by atoms with Crippen molar-refractivity contribution in [1.82, 2.24) is 10.3 Å². The number of hydrogen-bond donors (Lipinski definition) is 1. The fourth-order valence-electron chi connectivity index (χ4n) is 3.57. The Morgan fingerprint density at radius 2 is 2.04 bits per heavy atom. The van der Waals surface area contributed by atoms with Crippen molar-refractivity contribution in [3.8, 4) is 16.9 Å². The SMILES string of the molecule is CC(=O)NCC1Cc2cc(C)cc(-c3ccc4nc(C)ccc4c3)c2O1. The third-order valence-electron chi connectivity index (χ3n) is 4.76. The van der Waals surface area contributed by atoms with Crippen molar-refractivity contribution in [2.75, 3.05) is 6.54 Å². The van der Waals surface area contributed by atoms with Gasteiger partial charge in [-0.25, -0.2) is 0 Å². The quantitative estimate of drug-likeness (QED) is 0.781. The summed E-state index contributed by atoms with van der Waals surface area (Å²) in [7, 11) is 0. The molecule has 4 rings (SSSR count). The summed E-state index contributed by atoms with van der Waals surface area (Å²) in [5.74, 6) is 0.906. The van der Waals surface area contributed by atoms with Gasteiger partial charge in [0, 0.05) is 30.0 Å². The fourth-order valence-corrected chi connectivity index (χ4v) is 3.57. The molecule has 0 bridgehead atoms. The standard InChI is InChI=1S/C22H22N2O2/c1-13-8-18-11-19(12-23-15(3)25)26-22(18)20(9-13)16-6-7-21-17(10-16)5-4-14(2)24-21/h4-10,19H,11-12H2,1-3H3,(H,23,25). The molecule has 4 heteroatoms. The zero-order valence-corrected chi connectivity index (χ0v) is 15.3. The summed E-state index contributed by atoms with van der Waals surface area (Å²) in [6.07, 6.45) is 0.803. The number of carbonyl (C=O) groups excluding carboxylic acids is 1. The Morgan fingerprint density at radius 1 is 1.19 bits per heavy atom. The van der Waals surface area contributed by atoms with Gasteiger partial charge in [0.15, 0.2) is 0 Å². The monoisotopic (exact) mass is 346 g/mol. The average Bonchev–Trinajstić information content (AvgIpc) is 3.01. The lowest BCUT2D eigenvalue weighted by Gasteiger charge is -2.14. The van der Waals surface area contributed by atoms with Crippen LogP contribution in [0.3, 0.4) is 0 Å². The molecular formula is C22H22N2O2. The minimum absolute atomic E-state index is 0.0146. The van der Waals surface area contributed by atoms with Gasteiger partial charge in [0.25, 0.3) is 0 Å². The van der Waals surface area contributed by atoms with Crippen molar-refractivity contribution in [1.29, 1.82) is 0 Å². The van der Waals surface area contributed by atoms with E-state index in [9.17, 15) is 4.79 Å². The predicted molar refractivity (Wildman–Crippen MR) is 103 cm³/mol. The Labute approximate surface area is 153 Å². The molecule has 0 spiro atoms. The van der Waals surface area contributed by atoms with Gasteiger partial charge in [0.2, 0.25) is 5.91 Å². The summed E-state index contributed by atoms with van der Waals surface area (Å²) < 4.78 is 6.20. The highest BCUT2D eigenvalue weighted by Crippen LogP contribution is 2.40. The normalized spacial score (nSPS) is 15.6. The van der Waals surface area contributed by atoms with E-state index in [4.69, 9.17) is 4.74 Å². The molecule has 132 valence electrons. The Bertz CT molecular complexity index is 1010. The lowest BCUT2D eigenvalue weighted by atomic mass is 9.97. The highest BCUT2D eigenvalue weighted by atomic mass is 16.5. The topological polar surface area (TPSA) is 51.2 Å². The molecule has 1 aromatic heterocycles. The molecule has 2 heterocycles. The van der Waals surface area contributed by atoms with Gasteiger partial charge in [0.05, 0.1) is 12.1 Å². The van der Waals surface area contributed by atoms with Crippen LogP contribution in [0.1, 0.15) is 23.7 Å². The summed E-state index contributed by atoms with van der Waals surface area (Å²) in [6, 6.07) is 14.8. The predicted octanol–water partition coefficient (Wildman–Crippen LogP) is 3.96. The molecule has 1 N–H and O–H groups in total. The number of fused-ring (bicyclic) bond motifs is 2. The zero-order valence-electron chi connectivity index (χ0n) is 15.3. The largest absolute Gasteiger partial charge is 0.487 e. The van der Waals surface area contributed by atoms with E-state index in [-0.39, 0.29) is 12.0 Å². The van der Waals surface area contributed by atoms with Gasteiger partial charge in [-0.15, -0.1) is 0 Å². The molecule has 1 atom stereocenters. The number of hydrogen-bond acceptors (Lipinski definition) is 3. The van der Waals surface area contributed by atoms with Crippen LogP contribution in [0.5, 0.6) is 5.75 Å². The smallest absolute Gasteiger partial charge is 0.217 e. The van der Waals surface area contributed by atoms with Crippen LogP contribution in [-0.4, -0.2) is 23.5 Å². The van der Waals surface area contributed by atoms with Crippen LogP contribution in [0.2, 0.25) is 0 Å². The van der Waals surface area contributed by atoms with Crippen LogP contribution < -0.4 is 10.1 Å². The number of ether oxygens (including phenoxy) is 1. The first-order chi connectivity index (χ1) is 12.5. The van der Waals surface area contributed by atoms with E-state index >= 15 is 0 Å². The van der Waals surface area contributed by atoms with Crippen molar-refractivity contribution in [3.63, 3.8) is 0 Å². The van der Waals surface area contributed by atoms with Gasteiger partial charge in [-0.2, -0.15) is 0 Å². The summed E-state index contributed by atoms with van der Waals surface area (Å²) in [5.41, 5.74) is 6.67. The molecule has 2 aromatic carbocycles. The van der Waals surface area contributed by atoms with Crippen LogP contribution in [0, 0.1) is 13.8 Å². The average molecular weight is 346 g/mol. The Morgan fingerprint density at radius 3 is 2.85 bits per heavy atom. The van der Waals surface area contributed by atoms with Crippen molar-refractivity contribution in [3.05, 3.63) is 59.3 Å². The lowest BCUT2D eigenvalue weighted by Crippen LogP contribution is -2.32. The van der Waals surface area contributed by atoms with Crippen molar-refractivity contribution >= 4 is 16.8 Å². The highest BCUT2D eigenvalue weighted by Gasteiger charge is 2.26. The molecule has 1 unspecified atom stereocenters. The van der Waals surface area contributed by atoms with Gasteiger partial charge in [-0.05, 0) is 54.8 Å². The van der Waals surface area contributed by atoms with Gasteiger partial charge < -0.3 is 10.1 Å². The molecule has 0 fully saturated rings. The molecule has 3 aromatic rings. The second-order valence-electron chi connectivity index (χ2n) is 7.04. The summed E-state index contributed by atoms with van der Waals surface area (Å²) in [6.45, 7) is 6.17. The minimum Gasteiger partial charge on any atom is -0.487 e. The fraction of sp³-hybridized carbons (Fsp3) is 0.273. The van der Waals surface area contributed by atoms with Gasteiger partial charge in [-0.1, -0.05) is 18.2 Å². The van der Waals surface area contributed by atoms with E-state index in [1.54, 1.807) is 0 Å². The Kier molecular flexibility index (Phi) is 4.11.